The summed E-state index contributed by atoms with van der Waals surface area (Å²) in [6.07, 6.45) is 6.73. The van der Waals surface area contributed by atoms with Crippen LogP contribution < -0.4 is 10.9 Å². The molecule has 0 saturated heterocycles. The highest BCUT2D eigenvalue weighted by atomic mass is 16.1. The number of H-pyrrole nitrogens is 1. The van der Waals surface area contributed by atoms with Gasteiger partial charge in [-0.3, -0.25) is 4.79 Å². The van der Waals surface area contributed by atoms with Gasteiger partial charge in [-0.25, -0.2) is 5.10 Å². The van der Waals surface area contributed by atoms with E-state index in [1.807, 2.05) is 0 Å². The first-order valence-electron chi connectivity index (χ1n) is 5.57. The Morgan fingerprint density at radius 3 is 3.00 bits per heavy atom. The predicted octanol–water partition coefficient (Wildman–Crippen LogP) is 1.76. The number of hydrogen-bond acceptors (Lipinski definition) is 3. The predicted molar refractivity (Wildman–Crippen MR) is 59.9 cm³/mol. The summed E-state index contributed by atoms with van der Waals surface area (Å²) in [4.78, 5) is 11.1. The lowest BCUT2D eigenvalue weighted by Gasteiger charge is -2.30. The van der Waals surface area contributed by atoms with Crippen molar-refractivity contribution in [1.82, 2.24) is 10.2 Å². The third kappa shape index (κ3) is 2.58. The highest BCUT2D eigenvalue weighted by Gasteiger charge is 2.20. The zero-order valence-electron chi connectivity index (χ0n) is 8.99. The number of nitrogens with one attached hydrogen (secondary N) is 2. The van der Waals surface area contributed by atoms with Crippen molar-refractivity contribution < 1.29 is 0 Å². The molecular formula is C11H17N3O. The van der Waals surface area contributed by atoms with Gasteiger partial charge in [0, 0.05) is 12.1 Å². The lowest BCUT2D eigenvalue weighted by atomic mass is 9.86. The lowest BCUT2D eigenvalue weighted by Crippen LogP contribution is -2.30. The number of hydrogen-bond donors (Lipinski definition) is 2. The van der Waals surface area contributed by atoms with Gasteiger partial charge < -0.3 is 5.32 Å². The third-order valence-electron chi connectivity index (χ3n) is 3.13. The van der Waals surface area contributed by atoms with Crippen molar-refractivity contribution in [3.8, 4) is 0 Å². The molecule has 4 heteroatoms. The van der Waals surface area contributed by atoms with Gasteiger partial charge in [-0.15, -0.1) is 0 Å². The molecule has 0 aromatic carbocycles. The molecule has 0 radical (unpaired) electrons. The quantitative estimate of drug-likeness (QED) is 0.777. The van der Waals surface area contributed by atoms with Crippen LogP contribution in [0.15, 0.2) is 17.1 Å². The molecule has 2 unspecified atom stereocenters. The zero-order chi connectivity index (χ0) is 10.7. The average molecular weight is 207 g/mol. The van der Waals surface area contributed by atoms with Crippen molar-refractivity contribution in [3.05, 3.63) is 22.6 Å². The maximum absolute atomic E-state index is 11.1. The second kappa shape index (κ2) is 4.47. The van der Waals surface area contributed by atoms with Crippen LogP contribution in [-0.4, -0.2) is 16.2 Å². The van der Waals surface area contributed by atoms with E-state index in [1.54, 1.807) is 12.3 Å². The first kappa shape index (κ1) is 10.2. The number of nitrogens with zero attached hydrogens (tertiary/aromatic N) is 1. The van der Waals surface area contributed by atoms with Crippen LogP contribution in [0.4, 0.5) is 5.69 Å². The minimum atomic E-state index is -0.150. The first-order valence-corrected chi connectivity index (χ1v) is 5.57. The van der Waals surface area contributed by atoms with Gasteiger partial charge in [0.05, 0.1) is 11.9 Å². The van der Waals surface area contributed by atoms with Crippen LogP contribution in [0.3, 0.4) is 0 Å². The summed E-state index contributed by atoms with van der Waals surface area (Å²) < 4.78 is 0. The molecule has 0 spiro atoms. The van der Waals surface area contributed by atoms with E-state index in [1.165, 1.54) is 25.7 Å². The fraction of sp³-hybridized carbons (Fsp3) is 0.636. The number of aromatic amines is 1. The Labute approximate surface area is 89.1 Å². The standard InChI is InChI=1S/C11H17N3O/c1-8-4-2-3-5-10(8)13-9-6-11(15)14-12-7-9/h6-8,10H,2-5H2,1H3,(H2,13,14,15). The molecule has 2 N–H and O–H groups in total. The number of aromatic nitrogens is 2. The minimum absolute atomic E-state index is 0.150. The molecular weight excluding hydrogens is 190 g/mol. The van der Waals surface area contributed by atoms with Gasteiger partial charge in [-0.05, 0) is 18.8 Å². The van der Waals surface area contributed by atoms with Crippen molar-refractivity contribution >= 4 is 5.69 Å². The Morgan fingerprint density at radius 1 is 1.47 bits per heavy atom. The Bertz CT molecular complexity index is 374. The summed E-state index contributed by atoms with van der Waals surface area (Å²) in [5.41, 5.74) is 0.681. The molecule has 1 fully saturated rings. The van der Waals surface area contributed by atoms with Gasteiger partial charge in [0.2, 0.25) is 0 Å². The maximum atomic E-state index is 11.1. The van der Waals surface area contributed by atoms with Crippen molar-refractivity contribution in [3.63, 3.8) is 0 Å². The second-order valence-electron chi connectivity index (χ2n) is 4.35. The molecule has 4 nitrogen and oxygen atoms in total. The van der Waals surface area contributed by atoms with Gasteiger partial charge in [0.1, 0.15) is 0 Å². The molecule has 0 amide bonds. The van der Waals surface area contributed by atoms with Gasteiger partial charge in [0.15, 0.2) is 0 Å². The lowest BCUT2D eigenvalue weighted by molar-refractivity contribution is 0.349. The summed E-state index contributed by atoms with van der Waals surface area (Å²) in [6, 6.07) is 2.05. The van der Waals surface area contributed by atoms with E-state index in [4.69, 9.17) is 0 Å². The van der Waals surface area contributed by atoms with E-state index >= 15 is 0 Å². The van der Waals surface area contributed by atoms with E-state index in [0.717, 1.165) is 5.69 Å². The van der Waals surface area contributed by atoms with Crippen LogP contribution in [0.25, 0.3) is 0 Å². The van der Waals surface area contributed by atoms with Crippen molar-refractivity contribution in [2.45, 2.75) is 38.6 Å². The smallest absolute Gasteiger partial charge is 0.266 e. The molecule has 1 aliphatic carbocycles. The molecule has 2 rings (SSSR count). The SMILES string of the molecule is CC1CCCCC1Nc1cn[nH]c(=O)c1. The normalized spacial score (nSPS) is 26.2. The highest BCUT2D eigenvalue weighted by molar-refractivity contribution is 5.40. The zero-order valence-corrected chi connectivity index (χ0v) is 8.99. The van der Waals surface area contributed by atoms with Gasteiger partial charge >= 0.3 is 0 Å². The molecule has 0 aliphatic heterocycles. The fourth-order valence-electron chi connectivity index (χ4n) is 2.20. The Hall–Kier alpha value is -1.32. The summed E-state index contributed by atoms with van der Waals surface area (Å²) >= 11 is 0. The highest BCUT2D eigenvalue weighted by Crippen LogP contribution is 2.26. The summed E-state index contributed by atoms with van der Waals surface area (Å²) in [5, 5.41) is 9.54. The van der Waals surface area contributed by atoms with Crippen LogP contribution in [0.1, 0.15) is 32.6 Å². The second-order valence-corrected chi connectivity index (χ2v) is 4.35. The number of rotatable bonds is 2. The molecule has 1 aromatic heterocycles. The Balaban J connectivity index is 2.04. The molecule has 1 aliphatic rings. The van der Waals surface area contributed by atoms with Crippen LogP contribution in [0.2, 0.25) is 0 Å². The third-order valence-corrected chi connectivity index (χ3v) is 3.13. The first-order chi connectivity index (χ1) is 7.25. The monoisotopic (exact) mass is 207 g/mol. The summed E-state index contributed by atoms with van der Waals surface area (Å²) in [7, 11) is 0. The number of anilines is 1. The van der Waals surface area contributed by atoms with E-state index in [9.17, 15) is 4.79 Å². The minimum Gasteiger partial charge on any atom is -0.381 e. The molecule has 1 saturated carbocycles. The Kier molecular flexibility index (Phi) is 3.04. The molecule has 82 valence electrons. The van der Waals surface area contributed by atoms with Crippen LogP contribution in [0.5, 0.6) is 0 Å². The van der Waals surface area contributed by atoms with E-state index < -0.39 is 0 Å². The van der Waals surface area contributed by atoms with Crippen LogP contribution in [-0.2, 0) is 0 Å². The van der Waals surface area contributed by atoms with Crippen LogP contribution in [0, 0.1) is 5.92 Å². The summed E-state index contributed by atoms with van der Waals surface area (Å²) in [6.45, 7) is 2.26. The van der Waals surface area contributed by atoms with Gasteiger partial charge in [0.25, 0.3) is 5.56 Å². The van der Waals surface area contributed by atoms with Crippen molar-refractivity contribution in [2.24, 2.45) is 5.92 Å². The topological polar surface area (TPSA) is 57.8 Å². The maximum Gasteiger partial charge on any atom is 0.266 e. The van der Waals surface area contributed by atoms with Gasteiger partial charge in [-0.2, -0.15) is 5.10 Å². The fourth-order valence-corrected chi connectivity index (χ4v) is 2.20. The molecule has 2 atom stereocenters. The largest absolute Gasteiger partial charge is 0.381 e. The van der Waals surface area contributed by atoms with E-state index in [2.05, 4.69) is 22.4 Å². The van der Waals surface area contributed by atoms with Gasteiger partial charge in [-0.1, -0.05) is 19.8 Å². The van der Waals surface area contributed by atoms with Crippen molar-refractivity contribution in [2.75, 3.05) is 5.32 Å². The molecule has 0 bridgehead atoms. The van der Waals surface area contributed by atoms with E-state index in [0.29, 0.717) is 12.0 Å². The van der Waals surface area contributed by atoms with Crippen LogP contribution >= 0.6 is 0 Å². The average Bonchev–Trinajstić information content (AvgIpc) is 2.22. The van der Waals surface area contributed by atoms with E-state index in [-0.39, 0.29) is 5.56 Å². The Morgan fingerprint density at radius 2 is 2.27 bits per heavy atom. The molecule has 1 heterocycles. The summed E-state index contributed by atoms with van der Waals surface area (Å²) in [5.74, 6) is 0.679. The van der Waals surface area contributed by atoms with Crippen molar-refractivity contribution in [1.29, 1.82) is 0 Å². The molecule has 1 aromatic rings. The molecule has 15 heavy (non-hydrogen) atoms.